The highest BCUT2D eigenvalue weighted by molar-refractivity contribution is 14.0. The van der Waals surface area contributed by atoms with Crippen LogP contribution in [0.4, 0.5) is 0 Å². The van der Waals surface area contributed by atoms with E-state index in [0.717, 1.165) is 58.1 Å². The zero-order valence-corrected chi connectivity index (χ0v) is 21.1. The molecule has 2 aromatic carbocycles. The molecule has 0 fully saturated rings. The molecule has 1 heterocycles. The number of ether oxygens (including phenoxy) is 1. The number of rotatable bonds is 12. The number of aromatic nitrogens is 2. The molecular formula is C25H34IN5O. The summed E-state index contributed by atoms with van der Waals surface area (Å²) in [6.07, 6.45) is 6.84. The van der Waals surface area contributed by atoms with E-state index < -0.39 is 0 Å². The number of halogens is 1. The highest BCUT2D eigenvalue weighted by Crippen LogP contribution is 2.10. The van der Waals surface area contributed by atoms with Crippen LogP contribution in [0.15, 0.2) is 78.0 Å². The van der Waals surface area contributed by atoms with Gasteiger partial charge in [0.2, 0.25) is 0 Å². The van der Waals surface area contributed by atoms with Crippen LogP contribution in [0.5, 0.6) is 0 Å². The number of nitrogens with one attached hydrogen (secondary N) is 2. The summed E-state index contributed by atoms with van der Waals surface area (Å²) in [5.74, 6) is 0.818. The van der Waals surface area contributed by atoms with E-state index >= 15 is 0 Å². The van der Waals surface area contributed by atoms with Gasteiger partial charge in [0.1, 0.15) is 0 Å². The fourth-order valence-electron chi connectivity index (χ4n) is 3.32. The molecule has 172 valence electrons. The Bertz CT molecular complexity index is 900. The van der Waals surface area contributed by atoms with Gasteiger partial charge in [0, 0.05) is 39.1 Å². The van der Waals surface area contributed by atoms with Crippen molar-refractivity contribution in [1.29, 1.82) is 0 Å². The highest BCUT2D eigenvalue weighted by Gasteiger charge is 2.04. The quantitative estimate of drug-likeness (QED) is 0.154. The molecule has 0 aliphatic rings. The van der Waals surface area contributed by atoms with Gasteiger partial charge in [-0.05, 0) is 42.0 Å². The van der Waals surface area contributed by atoms with Gasteiger partial charge in [-0.2, -0.15) is 5.10 Å². The molecular weight excluding hydrogens is 513 g/mol. The number of guanidine groups is 1. The van der Waals surface area contributed by atoms with Crippen molar-refractivity contribution < 1.29 is 4.74 Å². The third-order valence-electron chi connectivity index (χ3n) is 5.07. The highest BCUT2D eigenvalue weighted by atomic mass is 127. The second-order valence-electron chi connectivity index (χ2n) is 7.38. The summed E-state index contributed by atoms with van der Waals surface area (Å²) in [6.45, 7) is 3.93. The SMILES string of the molecule is CN=C(NCCCCOCCc1ccccc1)NCc1ccccc1Cn1cccn1.I. The predicted octanol–water partition coefficient (Wildman–Crippen LogP) is 4.25. The summed E-state index contributed by atoms with van der Waals surface area (Å²) in [5.41, 5.74) is 3.82. The minimum absolute atomic E-state index is 0. The van der Waals surface area contributed by atoms with E-state index in [2.05, 4.69) is 69.3 Å². The van der Waals surface area contributed by atoms with Crippen LogP contribution in [-0.2, 0) is 24.2 Å². The van der Waals surface area contributed by atoms with E-state index in [4.69, 9.17) is 4.74 Å². The van der Waals surface area contributed by atoms with E-state index in [1.54, 1.807) is 13.2 Å². The van der Waals surface area contributed by atoms with Gasteiger partial charge in [0.05, 0.1) is 13.2 Å². The van der Waals surface area contributed by atoms with Crippen molar-refractivity contribution in [3.05, 3.63) is 89.7 Å². The second-order valence-corrected chi connectivity index (χ2v) is 7.38. The van der Waals surface area contributed by atoms with E-state index in [9.17, 15) is 0 Å². The average Bonchev–Trinajstić information content (AvgIpc) is 3.32. The molecule has 0 saturated heterocycles. The molecule has 3 aromatic rings. The fourth-order valence-corrected chi connectivity index (χ4v) is 3.32. The number of benzene rings is 2. The van der Waals surface area contributed by atoms with Gasteiger partial charge in [-0.25, -0.2) is 0 Å². The first kappa shape index (κ1) is 25.9. The van der Waals surface area contributed by atoms with Crippen molar-refractivity contribution in [1.82, 2.24) is 20.4 Å². The Labute approximate surface area is 208 Å². The molecule has 1 aromatic heterocycles. The minimum atomic E-state index is 0. The fraction of sp³-hybridized carbons (Fsp3) is 0.360. The lowest BCUT2D eigenvalue weighted by molar-refractivity contribution is 0.133. The largest absolute Gasteiger partial charge is 0.381 e. The molecule has 7 heteroatoms. The van der Waals surface area contributed by atoms with Crippen molar-refractivity contribution in [2.24, 2.45) is 4.99 Å². The minimum Gasteiger partial charge on any atom is -0.381 e. The zero-order chi connectivity index (χ0) is 21.6. The molecule has 0 spiro atoms. The average molecular weight is 547 g/mol. The Hall–Kier alpha value is -2.39. The van der Waals surface area contributed by atoms with Crippen LogP contribution in [0.2, 0.25) is 0 Å². The Kier molecular flexibility index (Phi) is 12.5. The van der Waals surface area contributed by atoms with E-state index in [0.29, 0.717) is 0 Å². The molecule has 0 aliphatic heterocycles. The van der Waals surface area contributed by atoms with Gasteiger partial charge >= 0.3 is 0 Å². The topological polar surface area (TPSA) is 63.5 Å². The summed E-state index contributed by atoms with van der Waals surface area (Å²) >= 11 is 0. The van der Waals surface area contributed by atoms with E-state index in [-0.39, 0.29) is 24.0 Å². The molecule has 0 saturated carbocycles. The summed E-state index contributed by atoms with van der Waals surface area (Å²) in [6, 6.07) is 20.8. The third-order valence-corrected chi connectivity index (χ3v) is 5.07. The van der Waals surface area contributed by atoms with Gasteiger partial charge in [-0.15, -0.1) is 24.0 Å². The van der Waals surface area contributed by atoms with Crippen molar-refractivity contribution in [3.63, 3.8) is 0 Å². The van der Waals surface area contributed by atoms with Crippen LogP contribution in [0, 0.1) is 0 Å². The van der Waals surface area contributed by atoms with Crippen LogP contribution in [-0.4, -0.2) is 42.5 Å². The number of hydrogen-bond acceptors (Lipinski definition) is 3. The van der Waals surface area contributed by atoms with Crippen LogP contribution in [0.3, 0.4) is 0 Å². The van der Waals surface area contributed by atoms with Crippen LogP contribution >= 0.6 is 24.0 Å². The Balaban J connectivity index is 0.00000363. The number of aliphatic imine (C=N–C) groups is 1. The summed E-state index contributed by atoms with van der Waals surface area (Å²) in [7, 11) is 1.80. The monoisotopic (exact) mass is 547 g/mol. The molecule has 0 radical (unpaired) electrons. The van der Waals surface area contributed by atoms with Gasteiger partial charge in [-0.1, -0.05) is 54.6 Å². The second kappa shape index (κ2) is 15.4. The lowest BCUT2D eigenvalue weighted by atomic mass is 10.1. The third kappa shape index (κ3) is 9.40. The van der Waals surface area contributed by atoms with Crippen molar-refractivity contribution >= 4 is 29.9 Å². The lowest BCUT2D eigenvalue weighted by Gasteiger charge is -2.14. The maximum absolute atomic E-state index is 5.75. The van der Waals surface area contributed by atoms with Gasteiger partial charge in [-0.3, -0.25) is 9.67 Å². The molecule has 0 unspecified atom stereocenters. The van der Waals surface area contributed by atoms with E-state index in [1.165, 1.54) is 16.7 Å². The number of unbranched alkanes of at least 4 members (excludes halogenated alkanes) is 1. The molecule has 3 rings (SSSR count). The van der Waals surface area contributed by atoms with Crippen LogP contribution < -0.4 is 10.6 Å². The number of nitrogens with zero attached hydrogens (tertiary/aromatic N) is 3. The van der Waals surface area contributed by atoms with Crippen molar-refractivity contribution in [3.8, 4) is 0 Å². The Morgan fingerprint density at radius 3 is 2.47 bits per heavy atom. The summed E-state index contributed by atoms with van der Waals surface area (Å²) < 4.78 is 7.69. The van der Waals surface area contributed by atoms with Crippen molar-refractivity contribution in [2.75, 3.05) is 26.8 Å². The molecule has 0 atom stereocenters. The predicted molar refractivity (Wildman–Crippen MR) is 142 cm³/mol. The van der Waals surface area contributed by atoms with Gasteiger partial charge < -0.3 is 15.4 Å². The smallest absolute Gasteiger partial charge is 0.191 e. The number of hydrogen-bond donors (Lipinski definition) is 2. The zero-order valence-electron chi connectivity index (χ0n) is 18.7. The normalized spacial score (nSPS) is 11.1. The Morgan fingerprint density at radius 2 is 1.72 bits per heavy atom. The lowest BCUT2D eigenvalue weighted by Crippen LogP contribution is -2.37. The van der Waals surface area contributed by atoms with Gasteiger partial charge in [0.25, 0.3) is 0 Å². The first-order valence-electron chi connectivity index (χ1n) is 11.0. The standard InChI is InChI=1S/C25H33N5O.HI/c1-26-25(27-15-7-8-18-31-19-14-22-10-3-2-4-11-22)28-20-23-12-5-6-13-24(23)21-30-17-9-16-29-30;/h2-6,9-13,16-17H,7-8,14-15,18-21H2,1H3,(H2,26,27,28);1H. The molecule has 0 bridgehead atoms. The molecule has 0 aliphatic carbocycles. The molecule has 32 heavy (non-hydrogen) atoms. The summed E-state index contributed by atoms with van der Waals surface area (Å²) in [5, 5.41) is 11.1. The van der Waals surface area contributed by atoms with Crippen LogP contribution in [0.1, 0.15) is 29.5 Å². The Morgan fingerprint density at radius 1 is 0.938 bits per heavy atom. The first-order valence-corrected chi connectivity index (χ1v) is 11.0. The summed E-state index contributed by atoms with van der Waals surface area (Å²) in [4.78, 5) is 4.33. The van der Waals surface area contributed by atoms with Crippen molar-refractivity contribution in [2.45, 2.75) is 32.4 Å². The maximum Gasteiger partial charge on any atom is 0.191 e. The molecule has 0 amide bonds. The van der Waals surface area contributed by atoms with E-state index in [1.807, 2.05) is 23.0 Å². The maximum atomic E-state index is 5.75. The molecule has 6 nitrogen and oxygen atoms in total. The van der Waals surface area contributed by atoms with Gasteiger partial charge in [0.15, 0.2) is 5.96 Å². The van der Waals surface area contributed by atoms with Crippen LogP contribution in [0.25, 0.3) is 0 Å². The first-order chi connectivity index (χ1) is 15.3. The molecule has 2 N–H and O–H groups in total.